The predicted octanol–water partition coefficient (Wildman–Crippen LogP) is 1.61. The van der Waals surface area contributed by atoms with Crippen LogP contribution in [0.4, 0.5) is 16.0 Å². The summed E-state index contributed by atoms with van der Waals surface area (Å²) in [6.45, 7) is 0. The average molecular weight is 295 g/mol. The molecule has 3 N–H and O–H groups in total. The summed E-state index contributed by atoms with van der Waals surface area (Å²) in [6.07, 6.45) is 0.826. The van der Waals surface area contributed by atoms with Crippen molar-refractivity contribution in [2.45, 2.75) is 0 Å². The maximum absolute atomic E-state index is 13.6. The fourth-order valence-electron chi connectivity index (χ4n) is 1.45. The van der Waals surface area contributed by atoms with Crippen LogP contribution >= 0.6 is 0 Å². The maximum Gasteiger partial charge on any atom is 0.315 e. The molecule has 110 valence electrons. The molecule has 0 spiro atoms. The van der Waals surface area contributed by atoms with E-state index in [9.17, 15) is 14.5 Å². The van der Waals surface area contributed by atoms with Crippen molar-refractivity contribution < 1.29 is 18.8 Å². The Morgan fingerprint density at radius 2 is 2.24 bits per heavy atom. The van der Waals surface area contributed by atoms with Gasteiger partial charge >= 0.3 is 5.69 Å². The molecule has 9 nitrogen and oxygen atoms in total. The van der Waals surface area contributed by atoms with E-state index in [0.717, 1.165) is 12.3 Å². The maximum atomic E-state index is 13.6. The Morgan fingerprint density at radius 3 is 2.86 bits per heavy atom. The quantitative estimate of drug-likeness (QED) is 0.484. The van der Waals surface area contributed by atoms with Gasteiger partial charge in [-0.25, -0.2) is 10.8 Å². The first-order valence-electron chi connectivity index (χ1n) is 5.54. The number of nitro benzene ring substituents is 1. The zero-order valence-corrected chi connectivity index (χ0v) is 10.7. The van der Waals surface area contributed by atoms with Gasteiger partial charge in [0.1, 0.15) is 5.75 Å². The fraction of sp³-hybridized carbons (Fsp3) is 0.0909. The highest BCUT2D eigenvalue weighted by atomic mass is 19.1. The molecule has 10 heteroatoms. The Kier molecular flexibility index (Phi) is 4.09. The molecule has 0 bridgehead atoms. The summed E-state index contributed by atoms with van der Waals surface area (Å²) in [5, 5.41) is 11.0. The number of nitrogens with zero attached hydrogens (tertiary/aromatic N) is 3. The second kappa shape index (κ2) is 5.96. The molecular formula is C11H10FN5O4. The van der Waals surface area contributed by atoms with Crippen LogP contribution in [0.15, 0.2) is 24.4 Å². The number of nitrogen functional groups attached to an aromatic ring is 1. The smallest absolute Gasteiger partial charge is 0.315 e. The summed E-state index contributed by atoms with van der Waals surface area (Å²) in [6, 6.07) is 3.86. The van der Waals surface area contributed by atoms with E-state index < -0.39 is 22.3 Å². The van der Waals surface area contributed by atoms with Gasteiger partial charge in [-0.1, -0.05) is 0 Å². The van der Waals surface area contributed by atoms with Crippen LogP contribution in [0.5, 0.6) is 17.4 Å². The molecule has 21 heavy (non-hydrogen) atoms. The van der Waals surface area contributed by atoms with Gasteiger partial charge < -0.3 is 9.47 Å². The van der Waals surface area contributed by atoms with Gasteiger partial charge in [0.2, 0.25) is 17.5 Å². The lowest BCUT2D eigenvalue weighted by Crippen LogP contribution is -2.11. The third-order valence-electron chi connectivity index (χ3n) is 2.41. The SMILES string of the molecule is COc1ccc(Oc2nc(NN)ncc2F)c([N+](=O)[O-])c1. The first-order chi connectivity index (χ1) is 10.0. The average Bonchev–Trinajstić information content (AvgIpc) is 2.49. The molecule has 0 unspecified atom stereocenters. The first kappa shape index (κ1) is 14.4. The second-order valence-corrected chi connectivity index (χ2v) is 3.68. The normalized spacial score (nSPS) is 10.0. The second-order valence-electron chi connectivity index (χ2n) is 3.68. The summed E-state index contributed by atoms with van der Waals surface area (Å²) in [4.78, 5) is 17.5. The Morgan fingerprint density at radius 1 is 1.48 bits per heavy atom. The number of rotatable bonds is 5. The van der Waals surface area contributed by atoms with Gasteiger partial charge in [0.25, 0.3) is 5.88 Å². The Hall–Kier alpha value is -3.01. The highest BCUT2D eigenvalue weighted by Gasteiger charge is 2.19. The van der Waals surface area contributed by atoms with Crippen molar-refractivity contribution >= 4 is 11.6 Å². The van der Waals surface area contributed by atoms with Gasteiger partial charge in [-0.2, -0.15) is 9.37 Å². The van der Waals surface area contributed by atoms with E-state index in [2.05, 4.69) is 15.4 Å². The molecule has 0 aliphatic carbocycles. The molecule has 0 aliphatic heterocycles. The standard InChI is InChI=1S/C11H10FN5O4/c1-20-6-2-3-9(8(4-6)17(18)19)21-10-7(12)5-14-11(15-10)16-13/h2-5H,13H2,1H3,(H,14,15,16). The Balaban J connectivity index is 2.41. The lowest BCUT2D eigenvalue weighted by Gasteiger charge is -2.08. The summed E-state index contributed by atoms with van der Waals surface area (Å²) >= 11 is 0. The molecule has 0 radical (unpaired) electrons. The minimum atomic E-state index is -0.890. The number of nitrogens with one attached hydrogen (secondary N) is 1. The topological polar surface area (TPSA) is 125 Å². The Labute approximate surface area is 117 Å². The zero-order chi connectivity index (χ0) is 15.4. The third kappa shape index (κ3) is 3.12. The van der Waals surface area contributed by atoms with Gasteiger partial charge in [-0.05, 0) is 12.1 Å². The number of benzene rings is 1. The molecule has 1 aromatic heterocycles. The van der Waals surface area contributed by atoms with Crippen molar-refractivity contribution in [1.29, 1.82) is 0 Å². The minimum absolute atomic E-state index is 0.0948. The molecule has 0 amide bonds. The third-order valence-corrected chi connectivity index (χ3v) is 2.41. The molecule has 2 aromatic rings. The van der Waals surface area contributed by atoms with Crippen molar-refractivity contribution in [3.63, 3.8) is 0 Å². The number of halogens is 1. The number of methoxy groups -OCH3 is 1. The predicted molar refractivity (Wildman–Crippen MR) is 69.5 cm³/mol. The molecule has 0 saturated heterocycles. The van der Waals surface area contributed by atoms with E-state index in [1.54, 1.807) is 0 Å². The van der Waals surface area contributed by atoms with Crippen LogP contribution in [0.2, 0.25) is 0 Å². The highest BCUT2D eigenvalue weighted by Crippen LogP contribution is 2.34. The number of nitro groups is 1. The van der Waals surface area contributed by atoms with Gasteiger partial charge in [0.15, 0.2) is 0 Å². The summed E-state index contributed by atoms with van der Waals surface area (Å²) in [5.74, 6) is 3.69. The van der Waals surface area contributed by atoms with Crippen molar-refractivity contribution in [2.75, 3.05) is 12.5 Å². The van der Waals surface area contributed by atoms with Crippen molar-refractivity contribution in [3.05, 3.63) is 40.3 Å². The number of ether oxygens (including phenoxy) is 2. The molecule has 2 rings (SSSR count). The van der Waals surface area contributed by atoms with Crippen LogP contribution in [-0.2, 0) is 0 Å². The van der Waals surface area contributed by atoms with E-state index in [1.165, 1.54) is 19.2 Å². The number of anilines is 1. The van der Waals surface area contributed by atoms with Crippen LogP contribution in [0.1, 0.15) is 0 Å². The molecule has 1 heterocycles. The number of hydrazine groups is 1. The van der Waals surface area contributed by atoms with Crippen molar-refractivity contribution in [2.24, 2.45) is 5.84 Å². The van der Waals surface area contributed by atoms with Gasteiger partial charge in [-0.3, -0.25) is 15.5 Å². The largest absolute Gasteiger partial charge is 0.496 e. The van der Waals surface area contributed by atoms with E-state index >= 15 is 0 Å². The van der Waals surface area contributed by atoms with Gasteiger partial charge in [-0.15, -0.1) is 0 Å². The zero-order valence-electron chi connectivity index (χ0n) is 10.7. The number of hydrogen-bond donors (Lipinski definition) is 2. The minimum Gasteiger partial charge on any atom is -0.496 e. The van der Waals surface area contributed by atoms with Gasteiger partial charge in [0, 0.05) is 0 Å². The summed E-state index contributed by atoms with van der Waals surface area (Å²) in [7, 11) is 1.36. The molecule has 0 fully saturated rings. The van der Waals surface area contributed by atoms with E-state index in [0.29, 0.717) is 0 Å². The molecule has 0 atom stereocenters. The van der Waals surface area contributed by atoms with E-state index in [-0.39, 0.29) is 17.4 Å². The van der Waals surface area contributed by atoms with E-state index in [4.69, 9.17) is 15.3 Å². The van der Waals surface area contributed by atoms with Crippen LogP contribution in [0.3, 0.4) is 0 Å². The molecule has 0 saturated carbocycles. The van der Waals surface area contributed by atoms with E-state index in [1.807, 2.05) is 0 Å². The molecular weight excluding hydrogens is 285 g/mol. The number of aromatic nitrogens is 2. The first-order valence-corrected chi connectivity index (χ1v) is 5.54. The van der Waals surface area contributed by atoms with Crippen LogP contribution in [0.25, 0.3) is 0 Å². The fourth-order valence-corrected chi connectivity index (χ4v) is 1.45. The van der Waals surface area contributed by atoms with Crippen LogP contribution in [-0.4, -0.2) is 22.0 Å². The summed E-state index contributed by atoms with van der Waals surface area (Å²) < 4.78 is 23.6. The van der Waals surface area contributed by atoms with Crippen molar-refractivity contribution in [3.8, 4) is 17.4 Å². The van der Waals surface area contributed by atoms with Crippen LogP contribution in [0, 0.1) is 15.9 Å². The lowest BCUT2D eigenvalue weighted by atomic mass is 10.3. The number of hydrogen-bond acceptors (Lipinski definition) is 8. The van der Waals surface area contributed by atoms with Crippen molar-refractivity contribution in [1.82, 2.24) is 9.97 Å². The Bertz CT molecular complexity index is 682. The molecule has 1 aromatic carbocycles. The highest BCUT2D eigenvalue weighted by molar-refractivity contribution is 5.52. The lowest BCUT2D eigenvalue weighted by molar-refractivity contribution is -0.385. The van der Waals surface area contributed by atoms with Gasteiger partial charge in [0.05, 0.1) is 24.3 Å². The van der Waals surface area contributed by atoms with Crippen LogP contribution < -0.4 is 20.7 Å². The molecule has 0 aliphatic rings. The summed E-state index contributed by atoms with van der Waals surface area (Å²) in [5.41, 5.74) is 1.72. The monoisotopic (exact) mass is 295 g/mol. The number of nitrogens with two attached hydrogens (primary N) is 1.